The predicted octanol–water partition coefficient (Wildman–Crippen LogP) is 3.36. The average Bonchev–Trinajstić information content (AvgIpc) is 2.57. The lowest BCUT2D eigenvalue weighted by Crippen LogP contribution is -2.27. The maximum atomic E-state index is 13.3. The zero-order valence-electron chi connectivity index (χ0n) is 12.4. The third-order valence-electron chi connectivity index (χ3n) is 3.58. The van der Waals surface area contributed by atoms with Crippen LogP contribution in [0.4, 0.5) is 13.2 Å². The Labute approximate surface area is 132 Å². The monoisotopic (exact) mass is 320 g/mol. The summed E-state index contributed by atoms with van der Waals surface area (Å²) in [5.74, 6) is -4.14. The van der Waals surface area contributed by atoms with Crippen molar-refractivity contribution in [3.8, 4) is 6.07 Å². The van der Waals surface area contributed by atoms with E-state index >= 15 is 0 Å². The van der Waals surface area contributed by atoms with Gasteiger partial charge < -0.3 is 10.4 Å². The van der Waals surface area contributed by atoms with E-state index in [1.54, 1.807) is 31.2 Å². The molecule has 6 heteroatoms. The summed E-state index contributed by atoms with van der Waals surface area (Å²) in [5.41, 5.74) is 1.47. The van der Waals surface area contributed by atoms with Crippen LogP contribution in [0.2, 0.25) is 0 Å². The average molecular weight is 320 g/mol. The van der Waals surface area contributed by atoms with Gasteiger partial charge in [-0.2, -0.15) is 5.26 Å². The summed E-state index contributed by atoms with van der Waals surface area (Å²) < 4.78 is 39.7. The van der Waals surface area contributed by atoms with Gasteiger partial charge in [0, 0.05) is 6.04 Å². The molecule has 0 aliphatic carbocycles. The van der Waals surface area contributed by atoms with Gasteiger partial charge in [0.15, 0.2) is 17.5 Å². The standard InChI is InChI=1S/C17H15F3N2O/c1-10(12-4-2-11(8-21)3-5-12)22-16(9-23)13-6-14(18)17(20)15(19)7-13/h2-7,10,16,22-23H,9H2,1H3. The molecule has 0 radical (unpaired) electrons. The van der Waals surface area contributed by atoms with E-state index in [1.807, 2.05) is 6.07 Å². The Morgan fingerprint density at radius 2 is 1.65 bits per heavy atom. The van der Waals surface area contributed by atoms with E-state index in [-0.39, 0.29) is 11.6 Å². The van der Waals surface area contributed by atoms with Crippen molar-refractivity contribution in [3.05, 3.63) is 70.5 Å². The molecule has 2 unspecified atom stereocenters. The summed E-state index contributed by atoms with van der Waals surface area (Å²) in [6.07, 6.45) is 0. The van der Waals surface area contributed by atoms with Crippen molar-refractivity contribution >= 4 is 0 Å². The van der Waals surface area contributed by atoms with Crippen LogP contribution >= 0.6 is 0 Å². The molecule has 2 aromatic rings. The second-order valence-corrected chi connectivity index (χ2v) is 5.16. The number of nitrogens with zero attached hydrogens (tertiary/aromatic N) is 1. The number of rotatable bonds is 5. The fraction of sp³-hybridized carbons (Fsp3) is 0.235. The first-order chi connectivity index (χ1) is 11.0. The smallest absolute Gasteiger partial charge is 0.194 e. The topological polar surface area (TPSA) is 56.0 Å². The third-order valence-corrected chi connectivity index (χ3v) is 3.58. The first-order valence-corrected chi connectivity index (χ1v) is 6.97. The Hall–Kier alpha value is -2.36. The Morgan fingerprint density at radius 3 is 2.13 bits per heavy atom. The second kappa shape index (κ2) is 7.27. The molecule has 2 atom stereocenters. The highest BCUT2D eigenvalue weighted by atomic mass is 19.2. The fourth-order valence-corrected chi connectivity index (χ4v) is 2.27. The van der Waals surface area contributed by atoms with Gasteiger partial charge in [-0.15, -0.1) is 0 Å². The Morgan fingerprint density at radius 1 is 1.09 bits per heavy atom. The Balaban J connectivity index is 2.20. The molecule has 0 aliphatic heterocycles. The summed E-state index contributed by atoms with van der Waals surface area (Å²) in [6.45, 7) is 1.39. The first-order valence-electron chi connectivity index (χ1n) is 6.97. The van der Waals surface area contributed by atoms with Gasteiger partial charge in [-0.1, -0.05) is 12.1 Å². The molecule has 0 saturated carbocycles. The third kappa shape index (κ3) is 3.89. The second-order valence-electron chi connectivity index (χ2n) is 5.16. The van der Waals surface area contributed by atoms with Crippen LogP contribution in [0.25, 0.3) is 0 Å². The van der Waals surface area contributed by atoms with Crippen LogP contribution in [-0.4, -0.2) is 11.7 Å². The molecule has 23 heavy (non-hydrogen) atoms. The molecule has 0 aromatic heterocycles. The predicted molar refractivity (Wildman–Crippen MR) is 78.9 cm³/mol. The number of aliphatic hydroxyl groups excluding tert-OH is 1. The van der Waals surface area contributed by atoms with Crippen LogP contribution in [0.15, 0.2) is 36.4 Å². The van der Waals surface area contributed by atoms with Crippen LogP contribution in [0.3, 0.4) is 0 Å². The zero-order chi connectivity index (χ0) is 17.0. The molecule has 0 aliphatic rings. The summed E-state index contributed by atoms with van der Waals surface area (Å²) >= 11 is 0. The van der Waals surface area contributed by atoms with Gasteiger partial charge in [-0.3, -0.25) is 0 Å². The van der Waals surface area contributed by atoms with Crippen molar-refractivity contribution in [3.63, 3.8) is 0 Å². The van der Waals surface area contributed by atoms with Crippen LogP contribution in [0, 0.1) is 28.8 Å². The van der Waals surface area contributed by atoms with E-state index in [0.29, 0.717) is 5.56 Å². The first kappa shape index (κ1) is 17.0. The molecule has 0 amide bonds. The highest BCUT2D eigenvalue weighted by Gasteiger charge is 2.19. The number of aliphatic hydroxyl groups is 1. The van der Waals surface area contributed by atoms with Crippen LogP contribution in [0.5, 0.6) is 0 Å². The van der Waals surface area contributed by atoms with Crippen molar-refractivity contribution in [2.45, 2.75) is 19.0 Å². The van der Waals surface area contributed by atoms with E-state index < -0.39 is 30.1 Å². The van der Waals surface area contributed by atoms with Gasteiger partial charge >= 0.3 is 0 Å². The lowest BCUT2D eigenvalue weighted by Gasteiger charge is -2.22. The molecule has 2 aromatic carbocycles. The van der Waals surface area contributed by atoms with Crippen molar-refractivity contribution in [1.29, 1.82) is 5.26 Å². The summed E-state index contributed by atoms with van der Waals surface area (Å²) in [7, 11) is 0. The summed E-state index contributed by atoms with van der Waals surface area (Å²) in [5, 5.41) is 21.3. The van der Waals surface area contributed by atoms with Crippen LogP contribution < -0.4 is 5.32 Å². The SMILES string of the molecule is CC(NC(CO)c1cc(F)c(F)c(F)c1)c1ccc(C#N)cc1. The fourth-order valence-electron chi connectivity index (χ4n) is 2.27. The van der Waals surface area contributed by atoms with E-state index in [2.05, 4.69) is 5.32 Å². The highest BCUT2D eigenvalue weighted by Crippen LogP contribution is 2.23. The Kier molecular flexibility index (Phi) is 5.37. The van der Waals surface area contributed by atoms with Crippen LogP contribution in [-0.2, 0) is 0 Å². The largest absolute Gasteiger partial charge is 0.394 e. The van der Waals surface area contributed by atoms with Gasteiger partial charge in [-0.05, 0) is 42.3 Å². The zero-order valence-corrected chi connectivity index (χ0v) is 12.4. The van der Waals surface area contributed by atoms with Crippen molar-refractivity contribution in [2.24, 2.45) is 0 Å². The van der Waals surface area contributed by atoms with E-state index in [9.17, 15) is 18.3 Å². The minimum absolute atomic E-state index is 0.115. The number of hydrogen-bond donors (Lipinski definition) is 2. The summed E-state index contributed by atoms with van der Waals surface area (Å²) in [4.78, 5) is 0. The highest BCUT2D eigenvalue weighted by molar-refractivity contribution is 5.33. The van der Waals surface area contributed by atoms with E-state index in [0.717, 1.165) is 17.7 Å². The van der Waals surface area contributed by atoms with Crippen molar-refractivity contribution in [1.82, 2.24) is 5.32 Å². The van der Waals surface area contributed by atoms with E-state index in [1.165, 1.54) is 0 Å². The molecular formula is C17H15F3N2O. The number of nitriles is 1. The maximum absolute atomic E-state index is 13.3. The normalized spacial score (nSPS) is 13.4. The molecule has 3 nitrogen and oxygen atoms in total. The minimum atomic E-state index is -1.54. The molecule has 0 heterocycles. The lowest BCUT2D eigenvalue weighted by atomic mass is 10.0. The lowest BCUT2D eigenvalue weighted by molar-refractivity contribution is 0.234. The molecule has 120 valence electrons. The number of hydrogen-bond acceptors (Lipinski definition) is 3. The molecule has 0 spiro atoms. The molecule has 2 rings (SSSR count). The van der Waals surface area contributed by atoms with Crippen molar-refractivity contribution in [2.75, 3.05) is 6.61 Å². The van der Waals surface area contributed by atoms with Gasteiger partial charge in [-0.25, -0.2) is 13.2 Å². The number of halogens is 3. The van der Waals surface area contributed by atoms with Gasteiger partial charge in [0.1, 0.15) is 0 Å². The van der Waals surface area contributed by atoms with Gasteiger partial charge in [0.25, 0.3) is 0 Å². The Bertz CT molecular complexity index is 703. The number of nitrogens with one attached hydrogen (secondary N) is 1. The molecule has 2 N–H and O–H groups in total. The van der Waals surface area contributed by atoms with E-state index in [4.69, 9.17) is 5.26 Å². The quantitative estimate of drug-likeness (QED) is 0.831. The minimum Gasteiger partial charge on any atom is -0.394 e. The van der Waals surface area contributed by atoms with Crippen LogP contribution in [0.1, 0.15) is 35.7 Å². The molecule has 0 bridgehead atoms. The summed E-state index contributed by atoms with van der Waals surface area (Å²) in [6, 6.07) is 9.51. The van der Waals surface area contributed by atoms with Gasteiger partial charge in [0.2, 0.25) is 0 Å². The maximum Gasteiger partial charge on any atom is 0.194 e. The number of benzene rings is 2. The van der Waals surface area contributed by atoms with Crippen molar-refractivity contribution < 1.29 is 18.3 Å². The molecular weight excluding hydrogens is 305 g/mol. The van der Waals surface area contributed by atoms with Gasteiger partial charge in [0.05, 0.1) is 24.3 Å². The molecule has 0 fully saturated rings. The molecule has 0 saturated heterocycles.